The summed E-state index contributed by atoms with van der Waals surface area (Å²) in [6.07, 6.45) is 2.42. The fourth-order valence-corrected chi connectivity index (χ4v) is 2.38. The smallest absolute Gasteiger partial charge is 0.0725 e. The Morgan fingerprint density at radius 2 is 1.75 bits per heavy atom. The molecule has 88 valence electrons. The molecule has 0 unspecified atom stereocenters. The highest BCUT2D eigenvalue weighted by Crippen LogP contribution is 2.24. The third kappa shape index (κ3) is 2.45. The lowest BCUT2D eigenvalue weighted by atomic mass is 9.90. The van der Waals surface area contributed by atoms with Crippen molar-refractivity contribution in [2.24, 2.45) is 5.73 Å². The van der Waals surface area contributed by atoms with E-state index < -0.39 is 0 Å². The first-order valence-corrected chi connectivity index (χ1v) is 6.00. The third-order valence-electron chi connectivity index (χ3n) is 3.44. The molecule has 2 nitrogen and oxygen atoms in total. The first-order valence-electron chi connectivity index (χ1n) is 6.00. The Labute approximate surface area is 97.8 Å². The third-order valence-corrected chi connectivity index (χ3v) is 3.44. The molecular formula is C14H21NO. The molecule has 0 saturated heterocycles. The highest BCUT2D eigenvalue weighted by atomic mass is 16.5. The van der Waals surface area contributed by atoms with Crippen molar-refractivity contribution < 1.29 is 4.74 Å². The predicted octanol–water partition coefficient (Wildman–Crippen LogP) is 2.62. The Hall–Kier alpha value is -0.860. The largest absolute Gasteiger partial charge is 0.373 e. The Morgan fingerprint density at radius 3 is 2.25 bits per heavy atom. The van der Waals surface area contributed by atoms with Crippen LogP contribution in [-0.4, -0.2) is 12.1 Å². The van der Waals surface area contributed by atoms with Gasteiger partial charge in [0.1, 0.15) is 0 Å². The fourth-order valence-electron chi connectivity index (χ4n) is 2.38. The van der Waals surface area contributed by atoms with E-state index in [2.05, 4.69) is 32.9 Å². The summed E-state index contributed by atoms with van der Waals surface area (Å²) in [4.78, 5) is 0. The van der Waals surface area contributed by atoms with Crippen LogP contribution in [0.4, 0.5) is 0 Å². The van der Waals surface area contributed by atoms with Crippen LogP contribution in [-0.2, 0) is 11.3 Å². The average molecular weight is 219 g/mol. The van der Waals surface area contributed by atoms with Crippen molar-refractivity contribution in [2.45, 2.75) is 52.4 Å². The summed E-state index contributed by atoms with van der Waals surface area (Å²) in [5, 5.41) is 0. The molecule has 1 aliphatic rings. The van der Waals surface area contributed by atoms with E-state index in [1.165, 1.54) is 22.3 Å². The summed E-state index contributed by atoms with van der Waals surface area (Å²) in [7, 11) is 0. The van der Waals surface area contributed by atoms with Crippen LogP contribution in [0, 0.1) is 20.8 Å². The number of benzene rings is 1. The number of aryl methyl sites for hydroxylation is 3. The van der Waals surface area contributed by atoms with E-state index in [1.807, 2.05) is 0 Å². The molecule has 1 aromatic carbocycles. The summed E-state index contributed by atoms with van der Waals surface area (Å²) in [6.45, 7) is 7.18. The van der Waals surface area contributed by atoms with Crippen molar-refractivity contribution in [2.75, 3.05) is 0 Å². The van der Waals surface area contributed by atoms with Crippen LogP contribution in [0.15, 0.2) is 12.1 Å². The minimum atomic E-state index is 0.366. The van der Waals surface area contributed by atoms with Crippen molar-refractivity contribution >= 4 is 0 Å². The summed E-state index contributed by atoms with van der Waals surface area (Å²) in [5.41, 5.74) is 11.1. The van der Waals surface area contributed by atoms with Gasteiger partial charge in [-0.3, -0.25) is 0 Å². The van der Waals surface area contributed by atoms with Gasteiger partial charge in [0.15, 0.2) is 0 Å². The second-order valence-electron chi connectivity index (χ2n) is 5.04. The van der Waals surface area contributed by atoms with Crippen LogP contribution >= 0.6 is 0 Å². The first-order chi connectivity index (χ1) is 7.56. The SMILES string of the molecule is Cc1cc(C)c(COC2CC(N)C2)c(C)c1. The monoisotopic (exact) mass is 219 g/mol. The van der Waals surface area contributed by atoms with E-state index in [0.29, 0.717) is 12.1 Å². The highest BCUT2D eigenvalue weighted by Gasteiger charge is 2.26. The molecule has 0 radical (unpaired) electrons. The lowest BCUT2D eigenvalue weighted by molar-refractivity contribution is -0.0192. The molecule has 2 N–H and O–H groups in total. The van der Waals surface area contributed by atoms with Gasteiger partial charge < -0.3 is 10.5 Å². The molecule has 1 aliphatic carbocycles. The zero-order valence-corrected chi connectivity index (χ0v) is 10.4. The minimum absolute atomic E-state index is 0.366. The van der Waals surface area contributed by atoms with Crippen LogP contribution < -0.4 is 5.73 Å². The van der Waals surface area contributed by atoms with Crippen LogP contribution in [0.5, 0.6) is 0 Å². The second kappa shape index (κ2) is 4.56. The molecule has 0 spiro atoms. The molecule has 1 aromatic rings. The molecule has 2 rings (SSSR count). The average Bonchev–Trinajstić information content (AvgIpc) is 2.12. The van der Waals surface area contributed by atoms with Gasteiger partial charge in [0, 0.05) is 6.04 Å². The molecule has 0 atom stereocenters. The van der Waals surface area contributed by atoms with Crippen molar-refractivity contribution in [1.82, 2.24) is 0 Å². The second-order valence-corrected chi connectivity index (χ2v) is 5.04. The fraction of sp³-hybridized carbons (Fsp3) is 0.571. The lowest BCUT2D eigenvalue weighted by Crippen LogP contribution is -2.41. The molecule has 2 heteroatoms. The maximum absolute atomic E-state index is 5.86. The Bertz CT molecular complexity index is 357. The van der Waals surface area contributed by atoms with Crippen LogP contribution in [0.2, 0.25) is 0 Å². The van der Waals surface area contributed by atoms with E-state index in [1.54, 1.807) is 0 Å². The number of nitrogens with two attached hydrogens (primary N) is 1. The molecule has 16 heavy (non-hydrogen) atoms. The maximum atomic E-state index is 5.86. The molecule has 1 fully saturated rings. The Morgan fingerprint density at radius 1 is 1.19 bits per heavy atom. The zero-order valence-electron chi connectivity index (χ0n) is 10.4. The number of rotatable bonds is 3. The van der Waals surface area contributed by atoms with Gasteiger partial charge in [-0.1, -0.05) is 17.7 Å². The number of ether oxygens (including phenoxy) is 1. The summed E-state index contributed by atoms with van der Waals surface area (Å²) < 4.78 is 5.86. The molecule has 0 aromatic heterocycles. The van der Waals surface area contributed by atoms with Gasteiger partial charge in [-0.05, 0) is 50.3 Å². The van der Waals surface area contributed by atoms with Crippen LogP contribution in [0.3, 0.4) is 0 Å². The van der Waals surface area contributed by atoms with Crippen LogP contribution in [0.1, 0.15) is 35.1 Å². The van der Waals surface area contributed by atoms with Crippen molar-refractivity contribution in [3.63, 3.8) is 0 Å². The summed E-state index contributed by atoms with van der Waals surface area (Å²) in [5.74, 6) is 0. The molecule has 0 bridgehead atoms. The van der Waals surface area contributed by atoms with Gasteiger partial charge in [0.25, 0.3) is 0 Å². The van der Waals surface area contributed by atoms with Gasteiger partial charge in [-0.2, -0.15) is 0 Å². The van der Waals surface area contributed by atoms with Crippen molar-refractivity contribution in [1.29, 1.82) is 0 Å². The normalized spacial score (nSPS) is 24.2. The molecule has 0 amide bonds. The number of hydrogen-bond donors (Lipinski definition) is 1. The predicted molar refractivity (Wildman–Crippen MR) is 66.4 cm³/mol. The molecule has 0 heterocycles. The summed E-state index contributed by atoms with van der Waals surface area (Å²) >= 11 is 0. The zero-order chi connectivity index (χ0) is 11.7. The van der Waals surface area contributed by atoms with E-state index in [0.717, 1.165) is 19.4 Å². The van der Waals surface area contributed by atoms with E-state index in [9.17, 15) is 0 Å². The van der Waals surface area contributed by atoms with Gasteiger partial charge >= 0.3 is 0 Å². The Kier molecular flexibility index (Phi) is 3.31. The summed E-state index contributed by atoms with van der Waals surface area (Å²) in [6, 6.07) is 4.81. The van der Waals surface area contributed by atoms with E-state index in [-0.39, 0.29) is 0 Å². The topological polar surface area (TPSA) is 35.2 Å². The maximum Gasteiger partial charge on any atom is 0.0725 e. The van der Waals surface area contributed by atoms with Gasteiger partial charge in [0.05, 0.1) is 12.7 Å². The van der Waals surface area contributed by atoms with Gasteiger partial charge in [0.2, 0.25) is 0 Å². The molecular weight excluding hydrogens is 198 g/mol. The Balaban J connectivity index is 1.98. The highest BCUT2D eigenvalue weighted by molar-refractivity contribution is 5.36. The van der Waals surface area contributed by atoms with Crippen molar-refractivity contribution in [3.05, 3.63) is 34.4 Å². The standard InChI is InChI=1S/C14H21NO/c1-9-4-10(2)14(11(3)5-9)8-16-13-6-12(15)7-13/h4-5,12-13H,6-8,15H2,1-3H3. The molecule has 0 aliphatic heterocycles. The van der Waals surface area contributed by atoms with Crippen LogP contribution in [0.25, 0.3) is 0 Å². The van der Waals surface area contributed by atoms with Gasteiger partial charge in [-0.15, -0.1) is 0 Å². The quantitative estimate of drug-likeness (QED) is 0.848. The van der Waals surface area contributed by atoms with Crippen molar-refractivity contribution in [3.8, 4) is 0 Å². The minimum Gasteiger partial charge on any atom is -0.373 e. The van der Waals surface area contributed by atoms with E-state index in [4.69, 9.17) is 10.5 Å². The number of hydrogen-bond acceptors (Lipinski definition) is 2. The first kappa shape index (κ1) is 11.6. The van der Waals surface area contributed by atoms with E-state index >= 15 is 0 Å². The van der Waals surface area contributed by atoms with Gasteiger partial charge in [-0.25, -0.2) is 0 Å². The molecule has 1 saturated carbocycles. The lowest BCUT2D eigenvalue weighted by Gasteiger charge is -2.32.